The average Bonchev–Trinajstić information content (AvgIpc) is 2.68. The van der Waals surface area contributed by atoms with E-state index in [0.29, 0.717) is 0 Å². The Kier molecular flexibility index (Phi) is 6.40. The molecule has 2 aromatic carbocycles. The molecule has 1 fully saturated rings. The molecule has 1 aliphatic carbocycles. The minimum absolute atomic E-state index is 0.0731. The SMILES string of the molecule is COc1ccc(SC(C(=O)OC2CCCCC2)c2ccccc2)cc1. The molecular weight excluding hydrogens is 332 g/mol. The molecule has 1 atom stereocenters. The van der Waals surface area contributed by atoms with Crippen molar-refractivity contribution >= 4 is 17.7 Å². The molecule has 0 N–H and O–H groups in total. The van der Waals surface area contributed by atoms with Crippen LogP contribution < -0.4 is 4.74 Å². The maximum Gasteiger partial charge on any atom is 0.324 e. The van der Waals surface area contributed by atoms with E-state index in [-0.39, 0.29) is 17.3 Å². The summed E-state index contributed by atoms with van der Waals surface area (Å²) >= 11 is 1.53. The van der Waals surface area contributed by atoms with Crippen LogP contribution in [0.4, 0.5) is 0 Å². The van der Waals surface area contributed by atoms with E-state index >= 15 is 0 Å². The average molecular weight is 356 g/mol. The first kappa shape index (κ1) is 17.9. The lowest BCUT2D eigenvalue weighted by molar-refractivity contribution is -0.149. The van der Waals surface area contributed by atoms with Crippen LogP contribution in [0.1, 0.15) is 42.9 Å². The first-order chi connectivity index (χ1) is 12.3. The topological polar surface area (TPSA) is 35.5 Å². The van der Waals surface area contributed by atoms with Crippen LogP contribution in [0.2, 0.25) is 0 Å². The lowest BCUT2D eigenvalue weighted by Gasteiger charge is -2.24. The Morgan fingerprint density at radius 3 is 2.32 bits per heavy atom. The quantitative estimate of drug-likeness (QED) is 0.512. The Balaban J connectivity index is 1.75. The molecule has 0 aliphatic heterocycles. The minimum atomic E-state index is -0.350. The van der Waals surface area contributed by atoms with Crippen LogP contribution in [0.5, 0.6) is 5.75 Å². The maximum atomic E-state index is 12.9. The molecule has 3 rings (SSSR count). The fraction of sp³-hybridized carbons (Fsp3) is 0.381. The van der Waals surface area contributed by atoms with E-state index in [1.165, 1.54) is 18.2 Å². The minimum Gasteiger partial charge on any atom is -0.497 e. The van der Waals surface area contributed by atoms with Crippen LogP contribution in [0, 0.1) is 0 Å². The molecule has 0 radical (unpaired) electrons. The number of benzene rings is 2. The molecule has 1 unspecified atom stereocenters. The number of carbonyl (C=O) groups is 1. The van der Waals surface area contributed by atoms with E-state index in [1.54, 1.807) is 7.11 Å². The fourth-order valence-corrected chi connectivity index (χ4v) is 4.09. The van der Waals surface area contributed by atoms with Crippen molar-refractivity contribution < 1.29 is 14.3 Å². The van der Waals surface area contributed by atoms with Crippen LogP contribution in [-0.2, 0) is 9.53 Å². The van der Waals surface area contributed by atoms with Gasteiger partial charge in [-0.25, -0.2) is 0 Å². The summed E-state index contributed by atoms with van der Waals surface area (Å²) in [6, 6.07) is 17.7. The molecule has 0 spiro atoms. The van der Waals surface area contributed by atoms with Gasteiger partial charge in [-0.2, -0.15) is 0 Å². The number of ether oxygens (including phenoxy) is 2. The lowest BCUT2D eigenvalue weighted by atomic mass is 9.98. The Hall–Kier alpha value is -1.94. The van der Waals surface area contributed by atoms with Gasteiger partial charge in [0, 0.05) is 4.90 Å². The van der Waals surface area contributed by atoms with Gasteiger partial charge in [0.2, 0.25) is 0 Å². The molecule has 0 heterocycles. The van der Waals surface area contributed by atoms with Crippen molar-refractivity contribution in [3.63, 3.8) is 0 Å². The number of esters is 1. The predicted octanol–water partition coefficient (Wildman–Crippen LogP) is 5.40. The summed E-state index contributed by atoms with van der Waals surface area (Å²) < 4.78 is 11.0. The Bertz CT molecular complexity index is 663. The van der Waals surface area contributed by atoms with E-state index < -0.39 is 0 Å². The normalized spacial score (nSPS) is 16.2. The summed E-state index contributed by atoms with van der Waals surface area (Å²) in [5.41, 5.74) is 0.976. The van der Waals surface area contributed by atoms with Crippen molar-refractivity contribution in [1.29, 1.82) is 0 Å². The van der Waals surface area contributed by atoms with E-state index in [4.69, 9.17) is 9.47 Å². The molecule has 1 aliphatic rings. The molecule has 3 nitrogen and oxygen atoms in total. The largest absolute Gasteiger partial charge is 0.497 e. The van der Waals surface area contributed by atoms with Gasteiger partial charge in [0.1, 0.15) is 17.1 Å². The molecule has 0 saturated heterocycles. The zero-order valence-electron chi connectivity index (χ0n) is 14.5. The number of carbonyl (C=O) groups excluding carboxylic acids is 1. The standard InChI is InChI=1S/C21H24O3S/c1-23-17-12-14-19(15-13-17)25-20(16-8-4-2-5-9-16)21(22)24-18-10-6-3-7-11-18/h2,4-5,8-9,12-15,18,20H,3,6-7,10-11H2,1H3. The molecule has 25 heavy (non-hydrogen) atoms. The Morgan fingerprint density at radius 1 is 1.00 bits per heavy atom. The first-order valence-electron chi connectivity index (χ1n) is 8.82. The molecule has 0 bridgehead atoms. The van der Waals surface area contributed by atoms with Crippen molar-refractivity contribution in [2.75, 3.05) is 7.11 Å². The molecule has 4 heteroatoms. The van der Waals surface area contributed by atoms with Crippen LogP contribution in [0.15, 0.2) is 59.5 Å². The highest BCUT2D eigenvalue weighted by Crippen LogP contribution is 2.37. The number of methoxy groups -OCH3 is 1. The van der Waals surface area contributed by atoms with Crippen molar-refractivity contribution in [3.05, 3.63) is 60.2 Å². The van der Waals surface area contributed by atoms with Crippen LogP contribution in [-0.4, -0.2) is 19.2 Å². The Morgan fingerprint density at radius 2 is 1.68 bits per heavy atom. The van der Waals surface area contributed by atoms with Crippen molar-refractivity contribution in [3.8, 4) is 5.75 Å². The molecule has 1 saturated carbocycles. The molecule has 0 amide bonds. The number of hydrogen-bond acceptors (Lipinski definition) is 4. The molecule has 0 aromatic heterocycles. The van der Waals surface area contributed by atoms with Gasteiger partial charge >= 0.3 is 5.97 Å². The highest BCUT2D eigenvalue weighted by molar-refractivity contribution is 8.00. The zero-order chi connectivity index (χ0) is 17.5. The number of hydrogen-bond donors (Lipinski definition) is 0. The van der Waals surface area contributed by atoms with Gasteiger partial charge in [0.25, 0.3) is 0 Å². The van der Waals surface area contributed by atoms with Gasteiger partial charge < -0.3 is 9.47 Å². The zero-order valence-corrected chi connectivity index (χ0v) is 15.3. The smallest absolute Gasteiger partial charge is 0.324 e. The van der Waals surface area contributed by atoms with Gasteiger partial charge in [-0.1, -0.05) is 36.8 Å². The second kappa shape index (κ2) is 8.95. The first-order valence-corrected chi connectivity index (χ1v) is 9.70. The van der Waals surface area contributed by atoms with Crippen LogP contribution in [0.25, 0.3) is 0 Å². The second-order valence-electron chi connectivity index (χ2n) is 6.28. The lowest BCUT2D eigenvalue weighted by Crippen LogP contribution is -2.24. The van der Waals surface area contributed by atoms with Gasteiger partial charge in [0.05, 0.1) is 7.11 Å². The summed E-state index contributed by atoms with van der Waals surface area (Å²) in [5, 5.41) is -0.350. The van der Waals surface area contributed by atoms with Gasteiger partial charge in [-0.3, -0.25) is 4.79 Å². The highest BCUT2D eigenvalue weighted by Gasteiger charge is 2.27. The summed E-state index contributed by atoms with van der Waals surface area (Å²) in [4.78, 5) is 13.9. The maximum absolute atomic E-state index is 12.9. The fourth-order valence-electron chi connectivity index (χ4n) is 3.08. The third kappa shape index (κ3) is 5.02. The van der Waals surface area contributed by atoms with E-state index in [1.807, 2.05) is 54.6 Å². The third-order valence-electron chi connectivity index (χ3n) is 4.46. The van der Waals surface area contributed by atoms with Crippen molar-refractivity contribution in [1.82, 2.24) is 0 Å². The summed E-state index contributed by atoms with van der Waals surface area (Å²) in [5.74, 6) is 0.671. The van der Waals surface area contributed by atoms with Gasteiger partial charge in [0.15, 0.2) is 0 Å². The van der Waals surface area contributed by atoms with Crippen molar-refractivity contribution in [2.24, 2.45) is 0 Å². The van der Waals surface area contributed by atoms with E-state index in [9.17, 15) is 4.79 Å². The predicted molar refractivity (Wildman–Crippen MR) is 101 cm³/mol. The second-order valence-corrected chi connectivity index (χ2v) is 7.46. The number of thioether (sulfide) groups is 1. The molecule has 132 valence electrons. The molecule has 2 aromatic rings. The van der Waals surface area contributed by atoms with Gasteiger partial charge in [-0.15, -0.1) is 11.8 Å². The van der Waals surface area contributed by atoms with Crippen LogP contribution in [0.3, 0.4) is 0 Å². The summed E-state index contributed by atoms with van der Waals surface area (Å²) in [6.45, 7) is 0. The third-order valence-corrected chi connectivity index (χ3v) is 5.71. The summed E-state index contributed by atoms with van der Waals surface area (Å²) in [6.07, 6.45) is 5.60. The Labute approximate surface area is 153 Å². The van der Waals surface area contributed by atoms with Crippen LogP contribution >= 0.6 is 11.8 Å². The summed E-state index contributed by atoms with van der Waals surface area (Å²) in [7, 11) is 1.65. The van der Waals surface area contributed by atoms with E-state index in [0.717, 1.165) is 41.9 Å². The van der Waals surface area contributed by atoms with E-state index in [2.05, 4.69) is 0 Å². The highest BCUT2D eigenvalue weighted by atomic mass is 32.2. The molecular formula is C21H24O3S. The number of rotatable bonds is 6. The van der Waals surface area contributed by atoms with Crippen molar-refractivity contribution in [2.45, 2.75) is 48.4 Å². The van der Waals surface area contributed by atoms with Gasteiger partial charge in [-0.05, 0) is 55.5 Å². The monoisotopic (exact) mass is 356 g/mol.